The van der Waals surface area contributed by atoms with Gasteiger partial charge in [-0.05, 0) is 19.2 Å². The Morgan fingerprint density at radius 1 is 1.75 bits per heavy atom. The number of rotatable bonds is 0. The Bertz CT molecular complexity index is 133. The first kappa shape index (κ1) is 5.42. The van der Waals surface area contributed by atoms with Crippen molar-refractivity contribution in [3.63, 3.8) is 0 Å². The second kappa shape index (κ2) is 2.03. The largest absolute Gasteiger partial charge is 0.372 e. The van der Waals surface area contributed by atoms with E-state index in [0.29, 0.717) is 0 Å². The highest BCUT2D eigenvalue weighted by Crippen LogP contribution is 2.02. The highest BCUT2D eigenvalue weighted by Gasteiger charge is 1.92. The molecule has 1 rings (SSSR count). The maximum Gasteiger partial charge on any atom is 0.0360 e. The van der Waals surface area contributed by atoms with Gasteiger partial charge in [0.25, 0.3) is 0 Å². The summed E-state index contributed by atoms with van der Waals surface area (Å²) in [6.07, 6.45) is 6.18. The van der Waals surface area contributed by atoms with Crippen molar-refractivity contribution in [1.82, 2.24) is 4.90 Å². The standard InChI is InChI=1S/C7H10N/c1-7-3-5-8(2)6-4-7/h3-5H,2,6H2,1H3. The predicted molar refractivity (Wildman–Crippen MR) is 35.0 cm³/mol. The van der Waals surface area contributed by atoms with E-state index in [4.69, 9.17) is 0 Å². The molecule has 0 unspecified atom stereocenters. The second-order valence-corrected chi connectivity index (χ2v) is 2.04. The van der Waals surface area contributed by atoms with Gasteiger partial charge in [0.15, 0.2) is 0 Å². The van der Waals surface area contributed by atoms with Gasteiger partial charge in [-0.25, -0.2) is 0 Å². The Hall–Kier alpha value is -0.720. The summed E-state index contributed by atoms with van der Waals surface area (Å²) in [5.41, 5.74) is 1.32. The Labute approximate surface area is 50.3 Å². The average Bonchev–Trinajstić information content (AvgIpc) is 1.77. The third kappa shape index (κ3) is 1.12. The van der Waals surface area contributed by atoms with E-state index < -0.39 is 0 Å². The van der Waals surface area contributed by atoms with Crippen LogP contribution in [0.5, 0.6) is 0 Å². The van der Waals surface area contributed by atoms with E-state index in [2.05, 4.69) is 26.1 Å². The molecule has 1 heteroatoms. The number of hydrogen-bond acceptors (Lipinski definition) is 1. The van der Waals surface area contributed by atoms with E-state index in [-0.39, 0.29) is 0 Å². The lowest BCUT2D eigenvalue weighted by Gasteiger charge is -2.14. The summed E-state index contributed by atoms with van der Waals surface area (Å²) >= 11 is 0. The first-order valence-corrected chi connectivity index (χ1v) is 2.71. The zero-order valence-electron chi connectivity index (χ0n) is 5.09. The summed E-state index contributed by atoms with van der Waals surface area (Å²) in [4.78, 5) is 1.90. The van der Waals surface area contributed by atoms with Gasteiger partial charge < -0.3 is 4.90 Å². The fraction of sp³-hybridized carbons (Fsp3) is 0.286. The van der Waals surface area contributed by atoms with E-state index in [1.807, 2.05) is 11.1 Å². The molecule has 0 bridgehead atoms. The van der Waals surface area contributed by atoms with Gasteiger partial charge >= 0.3 is 0 Å². The van der Waals surface area contributed by atoms with Gasteiger partial charge in [-0.15, -0.1) is 0 Å². The number of nitrogens with zero attached hydrogens (tertiary/aromatic N) is 1. The molecule has 0 N–H and O–H groups in total. The molecule has 0 aromatic carbocycles. The molecule has 0 saturated heterocycles. The van der Waals surface area contributed by atoms with Gasteiger partial charge in [0.1, 0.15) is 0 Å². The van der Waals surface area contributed by atoms with Crippen molar-refractivity contribution < 1.29 is 0 Å². The molecule has 0 aromatic rings. The number of allylic oxidation sites excluding steroid dienone is 2. The normalized spacial score (nSPS) is 18.8. The van der Waals surface area contributed by atoms with Gasteiger partial charge in [-0.2, -0.15) is 0 Å². The Kier molecular flexibility index (Phi) is 1.38. The molecule has 0 aromatic heterocycles. The summed E-state index contributed by atoms with van der Waals surface area (Å²) in [7, 11) is 3.73. The molecule has 0 aliphatic carbocycles. The van der Waals surface area contributed by atoms with Crippen molar-refractivity contribution in [2.75, 3.05) is 6.54 Å². The molecule has 0 fully saturated rings. The van der Waals surface area contributed by atoms with E-state index in [1.165, 1.54) is 5.57 Å². The molecule has 0 amide bonds. The maximum absolute atomic E-state index is 3.73. The van der Waals surface area contributed by atoms with Crippen molar-refractivity contribution in [3.8, 4) is 0 Å². The zero-order chi connectivity index (χ0) is 5.98. The van der Waals surface area contributed by atoms with Crippen LogP contribution in [0.1, 0.15) is 6.92 Å². The van der Waals surface area contributed by atoms with Crippen molar-refractivity contribution in [1.29, 1.82) is 0 Å². The van der Waals surface area contributed by atoms with Crippen molar-refractivity contribution in [2.24, 2.45) is 0 Å². The van der Waals surface area contributed by atoms with Crippen LogP contribution < -0.4 is 0 Å². The smallest absolute Gasteiger partial charge is 0.0360 e. The Balaban J connectivity index is 2.58. The topological polar surface area (TPSA) is 3.24 Å². The van der Waals surface area contributed by atoms with E-state index in [9.17, 15) is 0 Å². The summed E-state index contributed by atoms with van der Waals surface area (Å²) in [6.45, 7) is 3.03. The van der Waals surface area contributed by atoms with Crippen LogP contribution in [0.3, 0.4) is 0 Å². The fourth-order valence-electron chi connectivity index (χ4n) is 0.613. The van der Waals surface area contributed by atoms with Gasteiger partial charge in [-0.3, -0.25) is 0 Å². The minimum absolute atomic E-state index is 0.947. The van der Waals surface area contributed by atoms with Gasteiger partial charge in [-0.1, -0.05) is 11.6 Å². The van der Waals surface area contributed by atoms with Crippen molar-refractivity contribution in [2.45, 2.75) is 6.92 Å². The van der Waals surface area contributed by atoms with E-state index in [0.717, 1.165) is 6.54 Å². The molecule has 1 aliphatic rings. The third-order valence-electron chi connectivity index (χ3n) is 1.20. The summed E-state index contributed by atoms with van der Waals surface area (Å²) in [6, 6.07) is 0. The van der Waals surface area contributed by atoms with Crippen LogP contribution in [0.15, 0.2) is 23.9 Å². The first-order valence-electron chi connectivity index (χ1n) is 2.71. The van der Waals surface area contributed by atoms with Gasteiger partial charge in [0.05, 0.1) is 0 Å². The predicted octanol–water partition coefficient (Wildman–Crippen LogP) is 1.55. The summed E-state index contributed by atoms with van der Waals surface area (Å²) in [5.74, 6) is 0. The molecule has 1 nitrogen and oxygen atoms in total. The van der Waals surface area contributed by atoms with E-state index >= 15 is 0 Å². The number of hydrogen-bond donors (Lipinski definition) is 0. The van der Waals surface area contributed by atoms with Crippen LogP contribution in [0.25, 0.3) is 0 Å². The lowest BCUT2D eigenvalue weighted by atomic mass is 10.2. The minimum atomic E-state index is 0.947. The molecule has 1 heterocycles. The molecule has 8 heavy (non-hydrogen) atoms. The van der Waals surface area contributed by atoms with Crippen LogP contribution in [0, 0.1) is 7.05 Å². The van der Waals surface area contributed by atoms with Gasteiger partial charge in [0.2, 0.25) is 0 Å². The average molecular weight is 108 g/mol. The minimum Gasteiger partial charge on any atom is -0.372 e. The van der Waals surface area contributed by atoms with Crippen LogP contribution in [-0.2, 0) is 0 Å². The molecule has 43 valence electrons. The summed E-state index contributed by atoms with van der Waals surface area (Å²) < 4.78 is 0. The first-order chi connectivity index (χ1) is 3.79. The monoisotopic (exact) mass is 108 g/mol. The Morgan fingerprint density at radius 2 is 2.50 bits per heavy atom. The molecular weight excluding hydrogens is 98.1 g/mol. The lowest BCUT2D eigenvalue weighted by molar-refractivity contribution is 0.551. The molecular formula is C7H10N. The van der Waals surface area contributed by atoms with Crippen LogP contribution >= 0.6 is 0 Å². The SMILES string of the molecule is [CH2]N1C=CC(C)=CC1. The van der Waals surface area contributed by atoms with Crippen LogP contribution in [0.2, 0.25) is 0 Å². The molecule has 0 spiro atoms. The van der Waals surface area contributed by atoms with Crippen LogP contribution in [-0.4, -0.2) is 11.4 Å². The highest BCUT2D eigenvalue weighted by atomic mass is 15.1. The molecule has 1 aliphatic heterocycles. The third-order valence-corrected chi connectivity index (χ3v) is 1.20. The maximum atomic E-state index is 3.73. The quantitative estimate of drug-likeness (QED) is 0.455. The second-order valence-electron chi connectivity index (χ2n) is 2.04. The van der Waals surface area contributed by atoms with Gasteiger partial charge in [0, 0.05) is 13.6 Å². The fourth-order valence-corrected chi connectivity index (χ4v) is 0.613. The van der Waals surface area contributed by atoms with Crippen molar-refractivity contribution in [3.05, 3.63) is 31.0 Å². The highest BCUT2D eigenvalue weighted by molar-refractivity contribution is 5.19. The summed E-state index contributed by atoms with van der Waals surface area (Å²) in [5, 5.41) is 0. The molecule has 0 atom stereocenters. The Morgan fingerprint density at radius 3 is 2.88 bits per heavy atom. The molecule has 1 radical (unpaired) electrons. The molecule has 0 saturated carbocycles. The van der Waals surface area contributed by atoms with Crippen LogP contribution in [0.4, 0.5) is 0 Å². The lowest BCUT2D eigenvalue weighted by Crippen LogP contribution is -2.10. The zero-order valence-corrected chi connectivity index (χ0v) is 5.09. The van der Waals surface area contributed by atoms with Crippen molar-refractivity contribution >= 4 is 0 Å². The van der Waals surface area contributed by atoms with E-state index in [1.54, 1.807) is 0 Å².